The molecule has 0 aliphatic rings. The summed E-state index contributed by atoms with van der Waals surface area (Å²) in [6, 6.07) is 11.1. The maximum Gasteiger partial charge on any atom is 0.185 e. The lowest BCUT2D eigenvalue weighted by atomic mass is 10.1. The van der Waals surface area contributed by atoms with Crippen molar-refractivity contribution in [2.24, 2.45) is 0 Å². The van der Waals surface area contributed by atoms with Gasteiger partial charge in [-0.15, -0.1) is 0 Å². The fraction of sp³-hybridized carbons (Fsp3) is 0. The SMILES string of the molecule is O=C(/C=C/c1ccncc1)c1ccc(-n2ccnc2)cc1. The van der Waals surface area contributed by atoms with Crippen LogP contribution in [0.1, 0.15) is 15.9 Å². The van der Waals surface area contributed by atoms with Crippen LogP contribution in [-0.2, 0) is 0 Å². The monoisotopic (exact) mass is 275 g/mol. The first kappa shape index (κ1) is 13.0. The number of carbonyl (C=O) groups excluding carboxylic acids is 1. The largest absolute Gasteiger partial charge is 0.306 e. The van der Waals surface area contributed by atoms with Crippen molar-refractivity contribution < 1.29 is 4.79 Å². The molecule has 0 spiro atoms. The molecule has 3 aromatic rings. The Labute approximate surface area is 122 Å². The second-order valence-corrected chi connectivity index (χ2v) is 4.49. The van der Waals surface area contributed by atoms with E-state index in [2.05, 4.69) is 9.97 Å². The average molecular weight is 275 g/mol. The quantitative estimate of drug-likeness (QED) is 0.543. The molecular formula is C17H13N3O. The first-order valence-corrected chi connectivity index (χ1v) is 6.54. The van der Waals surface area contributed by atoms with E-state index in [0.717, 1.165) is 11.3 Å². The molecule has 0 aliphatic carbocycles. The molecule has 2 heterocycles. The van der Waals surface area contributed by atoms with Crippen LogP contribution < -0.4 is 0 Å². The van der Waals surface area contributed by atoms with Gasteiger partial charge in [0.2, 0.25) is 0 Å². The van der Waals surface area contributed by atoms with Crippen molar-refractivity contribution in [3.05, 3.63) is 84.7 Å². The van der Waals surface area contributed by atoms with Gasteiger partial charge in [-0.25, -0.2) is 4.98 Å². The van der Waals surface area contributed by atoms with Gasteiger partial charge in [0.25, 0.3) is 0 Å². The standard InChI is InChI=1S/C17H13N3O/c21-17(6-1-14-7-9-18-10-8-14)15-2-4-16(5-3-15)20-12-11-19-13-20/h1-13H/b6-1+. The minimum atomic E-state index is -0.0241. The molecular weight excluding hydrogens is 262 g/mol. The molecule has 2 aromatic heterocycles. The summed E-state index contributed by atoms with van der Waals surface area (Å²) < 4.78 is 1.89. The highest BCUT2D eigenvalue weighted by atomic mass is 16.1. The number of carbonyl (C=O) groups is 1. The van der Waals surface area contributed by atoms with Crippen molar-refractivity contribution in [2.75, 3.05) is 0 Å². The van der Waals surface area contributed by atoms with Crippen LogP contribution >= 0.6 is 0 Å². The van der Waals surface area contributed by atoms with Gasteiger partial charge in [-0.3, -0.25) is 9.78 Å². The van der Waals surface area contributed by atoms with Crippen molar-refractivity contribution in [1.82, 2.24) is 14.5 Å². The average Bonchev–Trinajstić information content (AvgIpc) is 3.08. The molecule has 0 saturated heterocycles. The zero-order chi connectivity index (χ0) is 14.5. The van der Waals surface area contributed by atoms with E-state index in [-0.39, 0.29) is 5.78 Å². The van der Waals surface area contributed by atoms with Gasteiger partial charge < -0.3 is 4.57 Å². The van der Waals surface area contributed by atoms with E-state index in [1.807, 2.05) is 47.2 Å². The van der Waals surface area contributed by atoms with Gasteiger partial charge in [-0.1, -0.05) is 6.08 Å². The van der Waals surface area contributed by atoms with Crippen molar-refractivity contribution in [2.45, 2.75) is 0 Å². The predicted molar refractivity (Wildman–Crippen MR) is 81.2 cm³/mol. The summed E-state index contributed by atoms with van der Waals surface area (Å²) in [5, 5.41) is 0. The van der Waals surface area contributed by atoms with Crippen LogP contribution in [0.4, 0.5) is 0 Å². The Kier molecular flexibility index (Phi) is 3.69. The lowest BCUT2D eigenvalue weighted by Gasteiger charge is -2.02. The molecule has 0 bridgehead atoms. The molecule has 3 rings (SSSR count). The molecule has 0 fully saturated rings. The maximum atomic E-state index is 12.1. The molecule has 0 saturated carbocycles. The predicted octanol–water partition coefficient (Wildman–Crippen LogP) is 3.16. The van der Waals surface area contributed by atoms with Gasteiger partial charge in [0.05, 0.1) is 6.33 Å². The Balaban J connectivity index is 1.75. The Bertz CT molecular complexity index is 744. The first-order chi connectivity index (χ1) is 10.3. The zero-order valence-corrected chi connectivity index (χ0v) is 11.3. The summed E-state index contributed by atoms with van der Waals surface area (Å²) in [6.07, 6.45) is 12.1. The molecule has 0 aliphatic heterocycles. The van der Waals surface area contributed by atoms with Gasteiger partial charge in [0.1, 0.15) is 0 Å². The summed E-state index contributed by atoms with van der Waals surface area (Å²) >= 11 is 0. The molecule has 21 heavy (non-hydrogen) atoms. The highest BCUT2D eigenvalue weighted by molar-refractivity contribution is 6.06. The van der Waals surface area contributed by atoms with Crippen molar-refractivity contribution in [3.8, 4) is 5.69 Å². The molecule has 0 atom stereocenters. The number of hydrogen-bond acceptors (Lipinski definition) is 3. The van der Waals surface area contributed by atoms with E-state index < -0.39 is 0 Å². The number of benzene rings is 1. The van der Waals surface area contributed by atoms with E-state index in [1.54, 1.807) is 37.1 Å². The lowest BCUT2D eigenvalue weighted by Crippen LogP contribution is -1.96. The Hall–Kier alpha value is -3.01. The van der Waals surface area contributed by atoms with Crippen LogP contribution in [0.5, 0.6) is 0 Å². The van der Waals surface area contributed by atoms with Crippen molar-refractivity contribution in [1.29, 1.82) is 0 Å². The first-order valence-electron chi connectivity index (χ1n) is 6.54. The number of rotatable bonds is 4. The molecule has 1 aromatic carbocycles. The number of aromatic nitrogens is 3. The van der Waals surface area contributed by atoms with Gasteiger partial charge in [0.15, 0.2) is 5.78 Å². The fourth-order valence-corrected chi connectivity index (χ4v) is 1.95. The molecule has 4 nitrogen and oxygen atoms in total. The van der Waals surface area contributed by atoms with Crippen LogP contribution in [0.25, 0.3) is 11.8 Å². The van der Waals surface area contributed by atoms with Crippen LogP contribution in [0, 0.1) is 0 Å². The summed E-state index contributed by atoms with van der Waals surface area (Å²) in [7, 11) is 0. The Morgan fingerprint density at radius 1 is 0.952 bits per heavy atom. The van der Waals surface area contributed by atoms with Crippen LogP contribution in [-0.4, -0.2) is 20.3 Å². The molecule has 4 heteroatoms. The summed E-state index contributed by atoms with van der Waals surface area (Å²) in [6.45, 7) is 0. The number of hydrogen-bond donors (Lipinski definition) is 0. The second kappa shape index (κ2) is 5.96. The van der Waals surface area contributed by atoms with E-state index in [0.29, 0.717) is 5.56 Å². The molecule has 0 unspecified atom stereocenters. The smallest absolute Gasteiger partial charge is 0.185 e. The number of allylic oxidation sites excluding steroid dienone is 1. The van der Waals surface area contributed by atoms with Crippen LogP contribution in [0.3, 0.4) is 0 Å². The third kappa shape index (κ3) is 3.12. The zero-order valence-electron chi connectivity index (χ0n) is 11.3. The second-order valence-electron chi connectivity index (χ2n) is 4.49. The minimum Gasteiger partial charge on any atom is -0.306 e. The molecule has 0 N–H and O–H groups in total. The highest BCUT2D eigenvalue weighted by Crippen LogP contribution is 2.11. The van der Waals surface area contributed by atoms with Crippen molar-refractivity contribution >= 4 is 11.9 Å². The third-order valence-electron chi connectivity index (χ3n) is 3.09. The third-order valence-corrected chi connectivity index (χ3v) is 3.09. The van der Waals surface area contributed by atoms with Crippen LogP contribution in [0.15, 0.2) is 73.6 Å². The Morgan fingerprint density at radius 2 is 1.71 bits per heavy atom. The molecule has 0 amide bonds. The number of nitrogens with zero attached hydrogens (tertiary/aromatic N) is 3. The van der Waals surface area contributed by atoms with Gasteiger partial charge >= 0.3 is 0 Å². The summed E-state index contributed by atoms with van der Waals surface area (Å²) in [4.78, 5) is 20.0. The van der Waals surface area contributed by atoms with E-state index in [1.165, 1.54) is 0 Å². The summed E-state index contributed by atoms with van der Waals surface area (Å²) in [5.74, 6) is -0.0241. The summed E-state index contributed by atoms with van der Waals surface area (Å²) in [5.41, 5.74) is 2.58. The molecule has 0 radical (unpaired) electrons. The van der Waals surface area contributed by atoms with E-state index in [4.69, 9.17) is 0 Å². The fourth-order valence-electron chi connectivity index (χ4n) is 1.95. The van der Waals surface area contributed by atoms with Crippen molar-refractivity contribution in [3.63, 3.8) is 0 Å². The number of ketones is 1. The van der Waals surface area contributed by atoms with Gasteiger partial charge in [0, 0.05) is 36.0 Å². The van der Waals surface area contributed by atoms with Gasteiger partial charge in [-0.05, 0) is 48.0 Å². The molecule has 102 valence electrons. The topological polar surface area (TPSA) is 47.8 Å². The minimum absolute atomic E-state index is 0.0241. The number of imidazole rings is 1. The highest BCUT2D eigenvalue weighted by Gasteiger charge is 2.02. The van der Waals surface area contributed by atoms with E-state index in [9.17, 15) is 4.79 Å². The van der Waals surface area contributed by atoms with Crippen LogP contribution in [0.2, 0.25) is 0 Å². The maximum absolute atomic E-state index is 12.1. The van der Waals surface area contributed by atoms with E-state index >= 15 is 0 Å². The Morgan fingerprint density at radius 3 is 2.38 bits per heavy atom. The lowest BCUT2D eigenvalue weighted by molar-refractivity contribution is 0.104. The normalized spacial score (nSPS) is 10.9. The van der Waals surface area contributed by atoms with Gasteiger partial charge in [-0.2, -0.15) is 0 Å². The number of pyridine rings is 1.